The average molecular weight is 555 g/mol. The van der Waals surface area contributed by atoms with E-state index in [-0.39, 0.29) is 28.6 Å². The number of anilines is 2. The lowest BCUT2D eigenvalue weighted by Crippen LogP contribution is -2.22. The Hall–Kier alpha value is -5.39. The van der Waals surface area contributed by atoms with E-state index < -0.39 is 11.8 Å². The van der Waals surface area contributed by atoms with Gasteiger partial charge in [-0.2, -0.15) is 5.10 Å². The minimum Gasteiger partial charge on any atom is -0.457 e. The molecule has 12 heteroatoms. The van der Waals surface area contributed by atoms with Crippen molar-refractivity contribution in [3.05, 3.63) is 85.0 Å². The summed E-state index contributed by atoms with van der Waals surface area (Å²) in [7, 11) is 1.49. The van der Waals surface area contributed by atoms with Crippen molar-refractivity contribution in [2.75, 3.05) is 17.7 Å². The molecule has 0 unspecified atom stereocenters. The summed E-state index contributed by atoms with van der Waals surface area (Å²) >= 11 is 0. The molecule has 5 aromatic rings. The number of carbonyl (C=O) groups is 2. The van der Waals surface area contributed by atoms with Gasteiger partial charge >= 0.3 is 6.03 Å². The van der Waals surface area contributed by atoms with Crippen molar-refractivity contribution >= 4 is 34.2 Å². The Labute approximate surface area is 234 Å². The number of pyridine rings is 1. The number of carbonyl (C=O) groups excluding carboxylic acids is 2. The Balaban J connectivity index is 1.34. The Morgan fingerprint density at radius 1 is 0.951 bits per heavy atom. The number of fused-ring (bicyclic) bond motifs is 1. The SMILES string of the molecule is CNC(=O)c1cc(Oc2ccc(NC(=O)Nc3cn(C(C)(C)C)nc3-c3ccc4ncncc4c3)c(F)c2)ccn1. The van der Waals surface area contributed by atoms with Crippen LogP contribution in [0.3, 0.4) is 0 Å². The molecule has 0 aliphatic rings. The number of ether oxygens (including phenoxy) is 1. The first-order valence-electron chi connectivity index (χ1n) is 12.6. The Bertz CT molecular complexity index is 1760. The monoisotopic (exact) mass is 554 g/mol. The molecule has 0 fully saturated rings. The molecule has 0 saturated carbocycles. The quantitative estimate of drug-likeness (QED) is 0.249. The van der Waals surface area contributed by atoms with Crippen LogP contribution in [-0.2, 0) is 5.54 Å². The van der Waals surface area contributed by atoms with E-state index in [1.54, 1.807) is 23.1 Å². The third-order valence-corrected chi connectivity index (χ3v) is 6.04. The van der Waals surface area contributed by atoms with Gasteiger partial charge in [-0.25, -0.2) is 19.2 Å². The van der Waals surface area contributed by atoms with E-state index in [4.69, 9.17) is 9.84 Å². The molecule has 0 aliphatic heterocycles. The largest absolute Gasteiger partial charge is 0.457 e. The predicted molar refractivity (Wildman–Crippen MR) is 152 cm³/mol. The molecule has 3 aromatic heterocycles. The third-order valence-electron chi connectivity index (χ3n) is 6.04. The molecule has 2 aromatic carbocycles. The second-order valence-corrected chi connectivity index (χ2v) is 10.1. The van der Waals surface area contributed by atoms with E-state index in [9.17, 15) is 14.0 Å². The summed E-state index contributed by atoms with van der Waals surface area (Å²) in [5.74, 6) is -0.604. The molecule has 41 heavy (non-hydrogen) atoms. The van der Waals surface area contributed by atoms with Crippen molar-refractivity contribution in [3.8, 4) is 22.8 Å². The summed E-state index contributed by atoms with van der Waals surface area (Å²) < 4.78 is 22.4. The Morgan fingerprint density at radius 2 is 1.73 bits per heavy atom. The Kier molecular flexibility index (Phi) is 7.30. The summed E-state index contributed by atoms with van der Waals surface area (Å²) in [5, 5.41) is 13.4. The van der Waals surface area contributed by atoms with Crippen LogP contribution in [0, 0.1) is 5.82 Å². The summed E-state index contributed by atoms with van der Waals surface area (Å²) in [5.41, 5.74) is 2.27. The number of rotatable bonds is 6. The van der Waals surface area contributed by atoms with Gasteiger partial charge in [-0.05, 0) is 51.1 Å². The number of aromatic nitrogens is 5. The molecule has 0 radical (unpaired) electrons. The fourth-order valence-corrected chi connectivity index (χ4v) is 3.95. The van der Waals surface area contributed by atoms with Crippen LogP contribution >= 0.6 is 0 Å². The summed E-state index contributed by atoms with van der Waals surface area (Å²) in [6, 6.07) is 12.0. The van der Waals surface area contributed by atoms with Gasteiger partial charge < -0.3 is 20.7 Å². The minimum atomic E-state index is -0.710. The van der Waals surface area contributed by atoms with Crippen LogP contribution in [0.5, 0.6) is 11.5 Å². The smallest absolute Gasteiger partial charge is 0.323 e. The number of hydrogen-bond acceptors (Lipinski definition) is 7. The van der Waals surface area contributed by atoms with Crippen LogP contribution < -0.4 is 20.7 Å². The highest BCUT2D eigenvalue weighted by atomic mass is 19.1. The number of amides is 3. The van der Waals surface area contributed by atoms with Crippen LogP contribution in [0.25, 0.3) is 22.2 Å². The van der Waals surface area contributed by atoms with Gasteiger partial charge in [0.15, 0.2) is 0 Å². The molecule has 0 bridgehead atoms. The highest BCUT2D eigenvalue weighted by molar-refractivity contribution is 6.02. The van der Waals surface area contributed by atoms with E-state index in [0.717, 1.165) is 22.5 Å². The maximum Gasteiger partial charge on any atom is 0.323 e. The maximum atomic E-state index is 14.9. The fraction of sp³-hybridized carbons (Fsp3) is 0.172. The number of nitrogens with one attached hydrogen (secondary N) is 3. The van der Waals surface area contributed by atoms with Gasteiger partial charge in [0, 0.05) is 48.7 Å². The highest BCUT2D eigenvalue weighted by Gasteiger charge is 2.21. The van der Waals surface area contributed by atoms with Gasteiger partial charge in [0.25, 0.3) is 5.91 Å². The fourth-order valence-electron chi connectivity index (χ4n) is 3.95. The van der Waals surface area contributed by atoms with Gasteiger partial charge in [0.1, 0.15) is 35.0 Å². The topological polar surface area (TPSA) is 136 Å². The predicted octanol–water partition coefficient (Wildman–Crippen LogP) is 5.58. The van der Waals surface area contributed by atoms with Crippen LogP contribution in [0.2, 0.25) is 0 Å². The van der Waals surface area contributed by atoms with Crippen molar-refractivity contribution in [1.82, 2.24) is 30.0 Å². The van der Waals surface area contributed by atoms with Gasteiger partial charge in [-0.3, -0.25) is 14.5 Å². The zero-order chi connectivity index (χ0) is 29.1. The van der Waals surface area contributed by atoms with Crippen molar-refractivity contribution in [1.29, 1.82) is 0 Å². The van der Waals surface area contributed by atoms with Crippen molar-refractivity contribution < 1.29 is 18.7 Å². The molecule has 3 N–H and O–H groups in total. The lowest BCUT2D eigenvalue weighted by Gasteiger charge is -2.18. The van der Waals surface area contributed by atoms with E-state index in [2.05, 4.69) is 30.9 Å². The molecule has 3 amide bonds. The second-order valence-electron chi connectivity index (χ2n) is 10.1. The lowest BCUT2D eigenvalue weighted by atomic mass is 10.1. The van der Waals surface area contributed by atoms with E-state index in [1.807, 2.05) is 39.0 Å². The number of nitrogens with zero attached hydrogens (tertiary/aromatic N) is 5. The maximum absolute atomic E-state index is 14.9. The molecule has 5 rings (SSSR count). The summed E-state index contributed by atoms with van der Waals surface area (Å²) in [4.78, 5) is 37.1. The van der Waals surface area contributed by atoms with Crippen LogP contribution in [0.15, 0.2) is 73.4 Å². The number of urea groups is 1. The van der Waals surface area contributed by atoms with Gasteiger partial charge in [-0.1, -0.05) is 6.07 Å². The molecule has 0 spiro atoms. The normalized spacial score (nSPS) is 11.2. The van der Waals surface area contributed by atoms with E-state index >= 15 is 0 Å². The van der Waals surface area contributed by atoms with Crippen LogP contribution in [-0.4, -0.2) is 43.7 Å². The standard InChI is InChI=1S/C29H27FN8O3/c1-29(2,3)38-15-25(26(37-38)17-5-7-22-18(11-17)14-32-16-34-22)36-28(40)35-23-8-6-19(12-21(23)30)41-20-9-10-33-24(13-20)27(39)31-4/h5-16H,1-4H3,(H,31,39)(H2,35,36,40). The van der Waals surface area contributed by atoms with Gasteiger partial charge in [-0.15, -0.1) is 0 Å². The zero-order valence-corrected chi connectivity index (χ0v) is 22.8. The molecule has 0 saturated heterocycles. The number of halogens is 1. The van der Waals surface area contributed by atoms with Crippen LogP contribution in [0.1, 0.15) is 31.3 Å². The molecule has 11 nitrogen and oxygen atoms in total. The second kappa shape index (κ2) is 11.0. The lowest BCUT2D eigenvalue weighted by molar-refractivity contribution is 0.0957. The van der Waals surface area contributed by atoms with Gasteiger partial charge in [0.05, 0.1) is 22.4 Å². The first kappa shape index (κ1) is 27.2. The van der Waals surface area contributed by atoms with Crippen molar-refractivity contribution in [2.45, 2.75) is 26.3 Å². The molecule has 3 heterocycles. The van der Waals surface area contributed by atoms with E-state index in [0.29, 0.717) is 17.1 Å². The molecule has 0 aliphatic carbocycles. The van der Waals surface area contributed by atoms with Gasteiger partial charge in [0.2, 0.25) is 0 Å². The first-order valence-corrected chi connectivity index (χ1v) is 12.6. The first-order chi connectivity index (χ1) is 19.6. The molecule has 208 valence electrons. The molecular weight excluding hydrogens is 527 g/mol. The minimum absolute atomic E-state index is 0.0526. The highest BCUT2D eigenvalue weighted by Crippen LogP contribution is 2.31. The Morgan fingerprint density at radius 3 is 2.49 bits per heavy atom. The van der Waals surface area contributed by atoms with E-state index in [1.165, 1.54) is 37.8 Å². The molecule has 0 atom stereocenters. The summed E-state index contributed by atoms with van der Waals surface area (Å²) in [6.45, 7) is 5.98. The van der Waals surface area contributed by atoms with Crippen molar-refractivity contribution in [3.63, 3.8) is 0 Å². The zero-order valence-electron chi connectivity index (χ0n) is 22.8. The third kappa shape index (κ3) is 6.11. The number of benzene rings is 2. The van der Waals surface area contributed by atoms with Crippen LogP contribution in [0.4, 0.5) is 20.6 Å². The molecular formula is C29H27FN8O3. The summed E-state index contributed by atoms with van der Waals surface area (Å²) in [6.07, 6.45) is 6.33. The number of hydrogen-bond donors (Lipinski definition) is 3. The van der Waals surface area contributed by atoms with Crippen molar-refractivity contribution in [2.24, 2.45) is 0 Å². The average Bonchev–Trinajstić information content (AvgIpc) is 3.38.